The molecule has 3 aromatic rings. The number of nitrogens with zero attached hydrogens (tertiary/aromatic N) is 3. The third-order valence-electron chi connectivity index (χ3n) is 3.97. The van der Waals surface area contributed by atoms with Gasteiger partial charge in [0.1, 0.15) is 12.1 Å². The molecule has 1 heterocycles. The van der Waals surface area contributed by atoms with E-state index in [1.807, 2.05) is 42.5 Å². The summed E-state index contributed by atoms with van der Waals surface area (Å²) in [5, 5.41) is 4.25. The zero-order valence-corrected chi connectivity index (χ0v) is 14.4. The molecular formula is C19H21N5O. The molecule has 0 radical (unpaired) electrons. The van der Waals surface area contributed by atoms with Crippen molar-refractivity contribution in [3.8, 4) is 0 Å². The molecule has 1 aromatic heterocycles. The second-order valence-electron chi connectivity index (χ2n) is 6.07. The molecule has 0 unspecified atom stereocenters. The molecule has 0 saturated carbocycles. The minimum absolute atomic E-state index is 0.00900. The summed E-state index contributed by atoms with van der Waals surface area (Å²) in [5.74, 6) is 0.784. The van der Waals surface area contributed by atoms with Crippen molar-refractivity contribution < 1.29 is 4.79 Å². The zero-order valence-electron chi connectivity index (χ0n) is 14.4. The van der Waals surface area contributed by atoms with Gasteiger partial charge in [-0.3, -0.25) is 4.79 Å². The summed E-state index contributed by atoms with van der Waals surface area (Å²) in [7, 11) is 3.50. The number of amides is 1. The van der Waals surface area contributed by atoms with Gasteiger partial charge >= 0.3 is 0 Å². The van der Waals surface area contributed by atoms with Crippen LogP contribution in [0.15, 0.2) is 48.8 Å². The van der Waals surface area contributed by atoms with Gasteiger partial charge in [-0.2, -0.15) is 0 Å². The molecule has 3 rings (SSSR count). The molecule has 3 N–H and O–H groups in total. The fourth-order valence-electron chi connectivity index (χ4n) is 2.61. The normalized spacial score (nSPS) is 10.6. The lowest BCUT2D eigenvalue weighted by Gasteiger charge is -2.11. The van der Waals surface area contributed by atoms with Crippen molar-refractivity contribution in [1.82, 2.24) is 14.9 Å². The summed E-state index contributed by atoms with van der Waals surface area (Å²) in [4.78, 5) is 22.0. The Labute approximate surface area is 146 Å². The number of rotatable bonds is 5. The van der Waals surface area contributed by atoms with E-state index in [4.69, 9.17) is 5.73 Å². The minimum atomic E-state index is 0.00900. The number of aromatic nitrogens is 2. The number of hydrogen-bond donors (Lipinski definition) is 2. The second-order valence-corrected chi connectivity index (χ2v) is 6.07. The Morgan fingerprint density at radius 2 is 1.88 bits per heavy atom. The van der Waals surface area contributed by atoms with Gasteiger partial charge in [-0.1, -0.05) is 12.1 Å². The lowest BCUT2D eigenvalue weighted by molar-refractivity contribution is 0.0827. The first-order chi connectivity index (χ1) is 12.0. The molecule has 1 amide bonds. The Hall–Kier alpha value is -3.15. The molecule has 2 aromatic carbocycles. The summed E-state index contributed by atoms with van der Waals surface area (Å²) < 4.78 is 0. The number of fused-ring (bicyclic) bond motifs is 1. The SMILES string of the molecule is CN(C)C(=O)c1ccc(CCNc2ncnc3ccc(N)cc23)cc1. The van der Waals surface area contributed by atoms with Crippen LogP contribution in [0, 0.1) is 0 Å². The van der Waals surface area contributed by atoms with Gasteiger partial charge in [0, 0.05) is 37.3 Å². The molecule has 0 fully saturated rings. The third kappa shape index (κ3) is 3.85. The average Bonchev–Trinajstić information content (AvgIpc) is 2.62. The molecule has 0 aliphatic carbocycles. The highest BCUT2D eigenvalue weighted by atomic mass is 16.2. The van der Waals surface area contributed by atoms with Crippen LogP contribution in [0.5, 0.6) is 0 Å². The molecule has 0 aliphatic rings. The number of benzene rings is 2. The van der Waals surface area contributed by atoms with Gasteiger partial charge < -0.3 is 16.0 Å². The van der Waals surface area contributed by atoms with Crippen molar-refractivity contribution in [3.63, 3.8) is 0 Å². The standard InChI is InChI=1S/C19H21N5O/c1-24(2)19(25)14-5-3-13(4-6-14)9-10-21-18-16-11-15(20)7-8-17(16)22-12-23-18/h3-8,11-12H,9-10,20H2,1-2H3,(H,21,22,23). The molecule has 0 atom stereocenters. The molecule has 128 valence electrons. The van der Waals surface area contributed by atoms with Crippen molar-refractivity contribution in [2.45, 2.75) is 6.42 Å². The number of nitrogens with two attached hydrogens (primary N) is 1. The number of hydrogen-bond acceptors (Lipinski definition) is 5. The maximum Gasteiger partial charge on any atom is 0.253 e. The quantitative estimate of drug-likeness (QED) is 0.700. The number of carbonyl (C=O) groups excluding carboxylic acids is 1. The molecule has 0 bridgehead atoms. The van der Waals surface area contributed by atoms with Crippen molar-refractivity contribution in [3.05, 3.63) is 59.9 Å². The lowest BCUT2D eigenvalue weighted by atomic mass is 10.1. The number of nitrogen functional groups attached to an aromatic ring is 1. The van der Waals surface area contributed by atoms with Crippen molar-refractivity contribution in [1.29, 1.82) is 0 Å². The van der Waals surface area contributed by atoms with Gasteiger partial charge in [-0.15, -0.1) is 0 Å². The lowest BCUT2D eigenvalue weighted by Crippen LogP contribution is -2.21. The van der Waals surface area contributed by atoms with E-state index in [1.165, 1.54) is 0 Å². The average molecular weight is 335 g/mol. The predicted octanol–water partition coefficient (Wildman–Crippen LogP) is 2.57. The van der Waals surface area contributed by atoms with Crippen molar-refractivity contribution >= 4 is 28.3 Å². The Bertz CT molecular complexity index is 890. The highest BCUT2D eigenvalue weighted by Gasteiger charge is 2.07. The summed E-state index contributed by atoms with van der Waals surface area (Å²) in [6.07, 6.45) is 2.37. The highest BCUT2D eigenvalue weighted by molar-refractivity contribution is 5.94. The van der Waals surface area contributed by atoms with Crippen LogP contribution >= 0.6 is 0 Å². The van der Waals surface area contributed by atoms with Crippen molar-refractivity contribution in [2.24, 2.45) is 0 Å². The van der Waals surface area contributed by atoms with Crippen LogP contribution in [0.4, 0.5) is 11.5 Å². The Morgan fingerprint density at radius 3 is 2.60 bits per heavy atom. The van der Waals surface area contributed by atoms with Crippen LogP contribution in [-0.2, 0) is 6.42 Å². The van der Waals surface area contributed by atoms with Gasteiger partial charge in [0.15, 0.2) is 0 Å². The van der Waals surface area contributed by atoms with E-state index in [0.717, 1.165) is 35.2 Å². The number of carbonyl (C=O) groups is 1. The minimum Gasteiger partial charge on any atom is -0.399 e. The fourth-order valence-corrected chi connectivity index (χ4v) is 2.61. The monoisotopic (exact) mass is 335 g/mol. The summed E-state index contributed by atoms with van der Waals surface area (Å²) >= 11 is 0. The van der Waals surface area contributed by atoms with E-state index in [2.05, 4.69) is 15.3 Å². The Morgan fingerprint density at radius 1 is 1.12 bits per heavy atom. The first kappa shape index (κ1) is 16.7. The largest absolute Gasteiger partial charge is 0.399 e. The molecule has 0 aliphatic heterocycles. The van der Waals surface area contributed by atoms with Crippen LogP contribution in [0.2, 0.25) is 0 Å². The van der Waals surface area contributed by atoms with Gasteiger partial charge in [0.05, 0.1) is 5.52 Å². The molecule has 6 heteroatoms. The van der Waals surface area contributed by atoms with E-state index in [9.17, 15) is 4.79 Å². The second kappa shape index (κ2) is 7.17. The highest BCUT2D eigenvalue weighted by Crippen LogP contribution is 2.21. The van der Waals surface area contributed by atoms with Crippen LogP contribution < -0.4 is 11.1 Å². The maximum absolute atomic E-state index is 11.9. The van der Waals surface area contributed by atoms with Crippen LogP contribution in [-0.4, -0.2) is 41.4 Å². The van der Waals surface area contributed by atoms with Gasteiger partial charge in [-0.05, 0) is 42.3 Å². The summed E-state index contributed by atoms with van der Waals surface area (Å²) in [5.41, 5.74) is 9.25. The first-order valence-electron chi connectivity index (χ1n) is 8.09. The topological polar surface area (TPSA) is 84.1 Å². The third-order valence-corrected chi connectivity index (χ3v) is 3.97. The smallest absolute Gasteiger partial charge is 0.253 e. The van der Waals surface area contributed by atoms with E-state index in [0.29, 0.717) is 11.3 Å². The first-order valence-corrected chi connectivity index (χ1v) is 8.09. The van der Waals surface area contributed by atoms with Gasteiger partial charge in [-0.25, -0.2) is 9.97 Å². The van der Waals surface area contributed by atoms with Crippen LogP contribution in [0.25, 0.3) is 10.9 Å². The molecule has 6 nitrogen and oxygen atoms in total. The number of nitrogens with one attached hydrogen (secondary N) is 1. The summed E-state index contributed by atoms with van der Waals surface area (Å²) in [6.45, 7) is 0.724. The maximum atomic E-state index is 11.9. The molecule has 0 spiro atoms. The zero-order chi connectivity index (χ0) is 17.8. The van der Waals surface area contributed by atoms with E-state index >= 15 is 0 Å². The molecular weight excluding hydrogens is 314 g/mol. The van der Waals surface area contributed by atoms with E-state index < -0.39 is 0 Å². The molecule has 0 saturated heterocycles. The Balaban J connectivity index is 1.65. The van der Waals surface area contributed by atoms with Gasteiger partial charge in [0.2, 0.25) is 0 Å². The van der Waals surface area contributed by atoms with Crippen LogP contribution in [0.1, 0.15) is 15.9 Å². The van der Waals surface area contributed by atoms with E-state index in [-0.39, 0.29) is 5.91 Å². The van der Waals surface area contributed by atoms with Crippen molar-refractivity contribution in [2.75, 3.05) is 31.7 Å². The number of anilines is 2. The molecule has 25 heavy (non-hydrogen) atoms. The predicted molar refractivity (Wildman–Crippen MR) is 101 cm³/mol. The fraction of sp³-hybridized carbons (Fsp3) is 0.211. The van der Waals surface area contributed by atoms with Gasteiger partial charge in [0.25, 0.3) is 5.91 Å². The van der Waals surface area contributed by atoms with E-state index in [1.54, 1.807) is 25.3 Å². The van der Waals surface area contributed by atoms with Crippen LogP contribution in [0.3, 0.4) is 0 Å². The summed E-state index contributed by atoms with van der Waals surface area (Å²) in [6, 6.07) is 13.3. The Kier molecular flexibility index (Phi) is 4.79.